The summed E-state index contributed by atoms with van der Waals surface area (Å²) < 4.78 is 4.54. The highest BCUT2D eigenvalue weighted by molar-refractivity contribution is 9.10. The van der Waals surface area contributed by atoms with E-state index in [-0.39, 0.29) is 0 Å². The Bertz CT molecular complexity index is 1550. The number of halogens is 2. The molecule has 0 aliphatic carbocycles. The van der Waals surface area contributed by atoms with E-state index in [2.05, 4.69) is 152 Å². The summed E-state index contributed by atoms with van der Waals surface area (Å²) in [4.78, 5) is 0. The minimum atomic E-state index is 1.08. The van der Waals surface area contributed by atoms with E-state index in [0.717, 1.165) is 8.95 Å². The van der Waals surface area contributed by atoms with Crippen LogP contribution in [0.1, 0.15) is 0 Å². The van der Waals surface area contributed by atoms with Crippen LogP contribution in [0, 0.1) is 0 Å². The first-order valence-electron chi connectivity index (χ1n) is 10.8. The van der Waals surface area contributed by atoms with Crippen molar-refractivity contribution in [1.82, 2.24) is 4.57 Å². The van der Waals surface area contributed by atoms with Gasteiger partial charge in [0.25, 0.3) is 0 Å². The molecule has 0 spiro atoms. The van der Waals surface area contributed by atoms with Crippen LogP contribution in [-0.4, -0.2) is 4.57 Å². The van der Waals surface area contributed by atoms with Gasteiger partial charge in [-0.15, -0.1) is 0 Å². The molecule has 0 atom stereocenters. The van der Waals surface area contributed by atoms with E-state index >= 15 is 0 Å². The van der Waals surface area contributed by atoms with Crippen LogP contribution in [0.4, 0.5) is 0 Å². The van der Waals surface area contributed by atoms with Crippen molar-refractivity contribution in [2.45, 2.75) is 0 Å². The molecule has 1 nitrogen and oxygen atoms in total. The first-order chi connectivity index (χ1) is 16.2. The minimum absolute atomic E-state index is 1.08. The number of hydrogen-bond donors (Lipinski definition) is 0. The average Bonchev–Trinajstić information content (AvgIpc) is 3.17. The summed E-state index contributed by atoms with van der Waals surface area (Å²) in [7, 11) is 0. The Labute approximate surface area is 209 Å². The molecule has 6 aromatic rings. The summed E-state index contributed by atoms with van der Waals surface area (Å²) in [5, 5.41) is 2.46. The number of para-hydroxylation sites is 1. The van der Waals surface area contributed by atoms with Crippen molar-refractivity contribution in [2.24, 2.45) is 0 Å². The highest BCUT2D eigenvalue weighted by atomic mass is 79.9. The van der Waals surface area contributed by atoms with E-state index in [4.69, 9.17) is 0 Å². The zero-order valence-electron chi connectivity index (χ0n) is 17.7. The lowest BCUT2D eigenvalue weighted by Crippen LogP contribution is -1.97. The van der Waals surface area contributed by atoms with Gasteiger partial charge in [-0.2, -0.15) is 0 Å². The molecule has 0 saturated heterocycles. The molecule has 158 valence electrons. The molecular weight excluding hydrogens is 534 g/mol. The predicted molar refractivity (Wildman–Crippen MR) is 147 cm³/mol. The summed E-state index contributed by atoms with van der Waals surface area (Å²) in [5.74, 6) is 0. The summed E-state index contributed by atoms with van der Waals surface area (Å²) >= 11 is 7.32. The van der Waals surface area contributed by atoms with Crippen LogP contribution in [-0.2, 0) is 0 Å². The van der Waals surface area contributed by atoms with Gasteiger partial charge >= 0.3 is 0 Å². The van der Waals surface area contributed by atoms with E-state index in [1.54, 1.807) is 0 Å². The van der Waals surface area contributed by atoms with E-state index in [1.807, 2.05) is 0 Å². The smallest absolute Gasteiger partial charge is 0.0542 e. The highest BCUT2D eigenvalue weighted by Crippen LogP contribution is 2.38. The lowest BCUT2D eigenvalue weighted by Gasteiger charge is -2.14. The van der Waals surface area contributed by atoms with Crippen molar-refractivity contribution in [3.8, 4) is 27.9 Å². The van der Waals surface area contributed by atoms with Gasteiger partial charge in [0.2, 0.25) is 0 Å². The van der Waals surface area contributed by atoms with Gasteiger partial charge in [-0.1, -0.05) is 105 Å². The molecule has 33 heavy (non-hydrogen) atoms. The van der Waals surface area contributed by atoms with Gasteiger partial charge in [0.1, 0.15) is 0 Å². The standard InChI is InChI=1S/C30H19Br2N/c31-23-14-16-29-26(18-23)27-19-24(32)15-17-30(27)33(29)28-9-5-4-8-25(28)22-12-10-21(11-13-22)20-6-2-1-3-7-20/h1-19H. The number of rotatable bonds is 3. The van der Waals surface area contributed by atoms with E-state index in [0.29, 0.717) is 0 Å². The average molecular weight is 553 g/mol. The third-order valence-corrected chi connectivity index (χ3v) is 7.12. The van der Waals surface area contributed by atoms with E-state index in [9.17, 15) is 0 Å². The van der Waals surface area contributed by atoms with Crippen LogP contribution in [0.25, 0.3) is 49.7 Å². The zero-order valence-corrected chi connectivity index (χ0v) is 20.8. The number of nitrogens with zero attached hydrogens (tertiary/aromatic N) is 1. The third-order valence-electron chi connectivity index (χ3n) is 6.14. The normalized spacial score (nSPS) is 11.3. The van der Waals surface area contributed by atoms with Crippen molar-refractivity contribution < 1.29 is 0 Å². The first-order valence-corrected chi connectivity index (χ1v) is 12.4. The van der Waals surface area contributed by atoms with Gasteiger partial charge in [-0.3, -0.25) is 0 Å². The van der Waals surface area contributed by atoms with Gasteiger partial charge in [0.15, 0.2) is 0 Å². The van der Waals surface area contributed by atoms with Crippen LogP contribution in [0.5, 0.6) is 0 Å². The summed E-state index contributed by atoms with van der Waals surface area (Å²) in [6, 6.07) is 41.1. The van der Waals surface area contributed by atoms with E-state index in [1.165, 1.54) is 49.7 Å². The van der Waals surface area contributed by atoms with Gasteiger partial charge in [-0.25, -0.2) is 0 Å². The first kappa shape index (κ1) is 20.5. The molecule has 0 unspecified atom stereocenters. The maximum Gasteiger partial charge on any atom is 0.0542 e. The number of hydrogen-bond acceptors (Lipinski definition) is 0. The SMILES string of the molecule is Brc1ccc2c(c1)c1cc(Br)ccc1n2-c1ccccc1-c1ccc(-c2ccccc2)cc1. The molecule has 3 heteroatoms. The zero-order chi connectivity index (χ0) is 22.4. The van der Waals surface area contributed by atoms with E-state index < -0.39 is 0 Å². The Morgan fingerprint density at radius 2 is 0.970 bits per heavy atom. The second-order valence-corrected chi connectivity index (χ2v) is 9.95. The van der Waals surface area contributed by atoms with Crippen LogP contribution < -0.4 is 0 Å². The Hall–Kier alpha value is -3.14. The molecule has 1 aromatic heterocycles. The highest BCUT2D eigenvalue weighted by Gasteiger charge is 2.16. The quantitative estimate of drug-likeness (QED) is 0.206. The fourth-order valence-electron chi connectivity index (χ4n) is 4.61. The summed E-state index contributed by atoms with van der Waals surface area (Å²) in [5.41, 5.74) is 8.43. The molecule has 0 aliphatic rings. The van der Waals surface area contributed by atoms with Gasteiger partial charge in [0, 0.05) is 25.3 Å². The van der Waals surface area contributed by atoms with Crippen molar-refractivity contribution in [3.63, 3.8) is 0 Å². The van der Waals surface area contributed by atoms with Crippen molar-refractivity contribution >= 4 is 53.7 Å². The lowest BCUT2D eigenvalue weighted by molar-refractivity contribution is 1.18. The van der Waals surface area contributed by atoms with Crippen molar-refractivity contribution in [1.29, 1.82) is 0 Å². The van der Waals surface area contributed by atoms with Crippen molar-refractivity contribution in [2.75, 3.05) is 0 Å². The lowest BCUT2D eigenvalue weighted by atomic mass is 9.99. The number of aromatic nitrogens is 1. The topological polar surface area (TPSA) is 4.93 Å². The molecule has 1 heterocycles. The molecule has 0 amide bonds. The molecule has 0 saturated carbocycles. The number of fused-ring (bicyclic) bond motifs is 3. The van der Waals surface area contributed by atoms with Gasteiger partial charge in [-0.05, 0) is 59.2 Å². The summed E-state index contributed by atoms with van der Waals surface area (Å²) in [6.45, 7) is 0. The van der Waals surface area contributed by atoms with Gasteiger partial charge in [0.05, 0.1) is 16.7 Å². The van der Waals surface area contributed by atoms with Crippen LogP contribution in [0.15, 0.2) is 124 Å². The second kappa shape index (κ2) is 8.33. The Morgan fingerprint density at radius 3 is 1.61 bits per heavy atom. The fraction of sp³-hybridized carbons (Fsp3) is 0. The monoisotopic (exact) mass is 551 g/mol. The molecular formula is C30H19Br2N. The number of benzene rings is 5. The third kappa shape index (κ3) is 3.62. The molecule has 0 fully saturated rings. The largest absolute Gasteiger partial charge is 0.309 e. The fourth-order valence-corrected chi connectivity index (χ4v) is 5.34. The van der Waals surface area contributed by atoms with Gasteiger partial charge < -0.3 is 4.57 Å². The molecule has 0 aliphatic heterocycles. The molecule has 0 N–H and O–H groups in total. The minimum Gasteiger partial charge on any atom is -0.309 e. The molecule has 5 aromatic carbocycles. The maximum absolute atomic E-state index is 3.66. The van der Waals surface area contributed by atoms with Crippen LogP contribution >= 0.6 is 31.9 Å². The van der Waals surface area contributed by atoms with Crippen LogP contribution in [0.3, 0.4) is 0 Å². The Morgan fingerprint density at radius 1 is 0.455 bits per heavy atom. The second-order valence-electron chi connectivity index (χ2n) is 8.12. The predicted octanol–water partition coefficient (Wildman–Crippen LogP) is 9.64. The molecule has 0 bridgehead atoms. The Balaban J connectivity index is 1.57. The Kier molecular flexibility index (Phi) is 5.17. The molecule has 6 rings (SSSR count). The van der Waals surface area contributed by atoms with Crippen LogP contribution in [0.2, 0.25) is 0 Å². The molecule has 0 radical (unpaired) electrons. The summed E-state index contributed by atoms with van der Waals surface area (Å²) in [6.07, 6.45) is 0. The maximum atomic E-state index is 3.66. The van der Waals surface area contributed by atoms with Crippen molar-refractivity contribution in [3.05, 3.63) is 124 Å².